The van der Waals surface area contributed by atoms with Gasteiger partial charge in [-0.2, -0.15) is 0 Å². The molecule has 0 spiro atoms. The van der Waals surface area contributed by atoms with Crippen LogP contribution in [-0.2, 0) is 4.79 Å². The minimum atomic E-state index is -0.345. The second-order valence-electron chi connectivity index (χ2n) is 5.13. The first kappa shape index (κ1) is 15.2. The Bertz CT molecular complexity index is 593. The van der Waals surface area contributed by atoms with Gasteiger partial charge in [-0.1, -0.05) is 24.9 Å². The fourth-order valence-corrected chi connectivity index (χ4v) is 2.42. The summed E-state index contributed by atoms with van der Waals surface area (Å²) in [5.41, 5.74) is 6.94. The van der Waals surface area contributed by atoms with Crippen molar-refractivity contribution in [3.8, 4) is 11.3 Å². The number of carbonyl (C=O) groups is 1. The van der Waals surface area contributed by atoms with Crippen molar-refractivity contribution in [1.29, 1.82) is 0 Å². The van der Waals surface area contributed by atoms with Gasteiger partial charge in [0.25, 0.3) is 0 Å². The predicted octanol–water partition coefficient (Wildman–Crippen LogP) is 3.63. The molecule has 2 rings (SSSR count). The minimum absolute atomic E-state index is 0.0197. The van der Waals surface area contributed by atoms with Crippen LogP contribution in [0.25, 0.3) is 11.3 Å². The minimum Gasteiger partial charge on any atom is -0.370 e. The van der Waals surface area contributed by atoms with Crippen LogP contribution < -0.4 is 5.73 Å². The van der Waals surface area contributed by atoms with Crippen molar-refractivity contribution >= 4 is 5.91 Å². The third kappa shape index (κ3) is 3.90. The third-order valence-corrected chi connectivity index (χ3v) is 3.50. The summed E-state index contributed by atoms with van der Waals surface area (Å²) in [6, 6.07) is 6.02. The zero-order valence-electron chi connectivity index (χ0n) is 12.0. The molecule has 2 aromatic rings. The molecule has 1 aromatic carbocycles. The first-order valence-corrected chi connectivity index (χ1v) is 7.10. The highest BCUT2D eigenvalue weighted by atomic mass is 19.1. The number of amides is 1. The Hall–Kier alpha value is -2.17. The van der Waals surface area contributed by atoms with Crippen LogP contribution in [0.3, 0.4) is 0 Å². The van der Waals surface area contributed by atoms with Gasteiger partial charge < -0.3 is 10.3 Å². The molecule has 0 bridgehead atoms. The summed E-state index contributed by atoms with van der Waals surface area (Å²) in [6.07, 6.45) is 4.75. The molecule has 2 N–H and O–H groups in total. The number of halogens is 1. The number of nitrogens with zero attached hydrogens (tertiary/aromatic N) is 1. The Morgan fingerprint density at radius 3 is 2.71 bits per heavy atom. The van der Waals surface area contributed by atoms with Gasteiger partial charge in [0.2, 0.25) is 5.91 Å². The van der Waals surface area contributed by atoms with Crippen LogP contribution >= 0.6 is 0 Å². The summed E-state index contributed by atoms with van der Waals surface area (Å²) < 4.78 is 18.3. The van der Waals surface area contributed by atoms with Crippen molar-refractivity contribution in [2.24, 2.45) is 5.73 Å². The van der Waals surface area contributed by atoms with E-state index in [-0.39, 0.29) is 24.1 Å². The third-order valence-electron chi connectivity index (χ3n) is 3.50. The van der Waals surface area contributed by atoms with Gasteiger partial charge in [0.15, 0.2) is 5.76 Å². The van der Waals surface area contributed by atoms with Crippen LogP contribution in [-0.4, -0.2) is 11.1 Å². The number of nitrogens with two attached hydrogens (primary N) is 1. The summed E-state index contributed by atoms with van der Waals surface area (Å²) in [5.74, 6) is -0.0899. The Kier molecular flexibility index (Phi) is 5.09. The van der Waals surface area contributed by atoms with Crippen molar-refractivity contribution in [3.05, 3.63) is 41.8 Å². The lowest BCUT2D eigenvalue weighted by molar-refractivity contribution is -0.118. The lowest BCUT2D eigenvalue weighted by atomic mass is 9.89. The van der Waals surface area contributed by atoms with Gasteiger partial charge >= 0.3 is 0 Å². The number of benzene rings is 1. The molecule has 0 aliphatic rings. The molecule has 21 heavy (non-hydrogen) atoms. The number of unbranched alkanes of at least 4 members (excludes halogenated alkanes) is 1. The topological polar surface area (TPSA) is 69.1 Å². The fraction of sp³-hybridized carbons (Fsp3) is 0.375. The maximum atomic E-state index is 13.0. The first-order chi connectivity index (χ1) is 10.1. The summed E-state index contributed by atoms with van der Waals surface area (Å²) in [7, 11) is 0. The zero-order chi connectivity index (χ0) is 15.2. The van der Waals surface area contributed by atoms with Crippen molar-refractivity contribution in [3.63, 3.8) is 0 Å². The van der Waals surface area contributed by atoms with Crippen LogP contribution in [0.5, 0.6) is 0 Å². The molecule has 0 aliphatic heterocycles. The maximum absolute atomic E-state index is 13.0. The highest BCUT2D eigenvalue weighted by Crippen LogP contribution is 2.34. The Labute approximate surface area is 123 Å². The quantitative estimate of drug-likeness (QED) is 0.846. The molecule has 0 saturated heterocycles. The molecule has 1 aromatic heterocycles. The normalized spacial score (nSPS) is 12.3. The van der Waals surface area contributed by atoms with E-state index in [0.717, 1.165) is 30.4 Å². The monoisotopic (exact) mass is 290 g/mol. The van der Waals surface area contributed by atoms with Crippen LogP contribution in [0.4, 0.5) is 4.39 Å². The number of rotatable bonds is 7. The molecule has 0 radical (unpaired) electrons. The van der Waals surface area contributed by atoms with Gasteiger partial charge in [-0.25, -0.2) is 4.39 Å². The molecule has 4 nitrogen and oxygen atoms in total. The molecule has 1 atom stereocenters. The van der Waals surface area contributed by atoms with Gasteiger partial charge in [0.05, 0.1) is 6.20 Å². The summed E-state index contributed by atoms with van der Waals surface area (Å²) in [5, 5.41) is 3.84. The zero-order valence-corrected chi connectivity index (χ0v) is 12.0. The van der Waals surface area contributed by atoms with E-state index in [1.54, 1.807) is 18.3 Å². The summed E-state index contributed by atoms with van der Waals surface area (Å²) in [6.45, 7) is 2.09. The predicted molar refractivity (Wildman–Crippen MR) is 78.0 cm³/mol. The van der Waals surface area contributed by atoms with Crippen molar-refractivity contribution in [2.45, 2.75) is 38.5 Å². The highest BCUT2D eigenvalue weighted by molar-refractivity contribution is 5.75. The number of hydrogen-bond acceptors (Lipinski definition) is 3. The van der Waals surface area contributed by atoms with E-state index < -0.39 is 0 Å². The summed E-state index contributed by atoms with van der Waals surface area (Å²) in [4.78, 5) is 11.3. The second kappa shape index (κ2) is 7.02. The van der Waals surface area contributed by atoms with Crippen molar-refractivity contribution in [2.75, 3.05) is 0 Å². The van der Waals surface area contributed by atoms with E-state index in [0.29, 0.717) is 5.76 Å². The summed E-state index contributed by atoms with van der Waals surface area (Å²) >= 11 is 0. The van der Waals surface area contributed by atoms with Gasteiger partial charge in [-0.05, 0) is 36.6 Å². The van der Waals surface area contributed by atoms with Crippen LogP contribution in [0.1, 0.15) is 44.1 Å². The smallest absolute Gasteiger partial charge is 0.218 e. The molecule has 1 unspecified atom stereocenters. The van der Waals surface area contributed by atoms with E-state index in [2.05, 4.69) is 12.1 Å². The SMILES string of the molecule is CCCCC(CC(N)=O)c1cnoc1-c1ccc(F)cc1. The molecule has 0 fully saturated rings. The van der Waals surface area contributed by atoms with E-state index in [4.69, 9.17) is 10.3 Å². The van der Waals surface area contributed by atoms with Gasteiger partial charge in [-0.15, -0.1) is 0 Å². The number of primary amides is 1. The van der Waals surface area contributed by atoms with E-state index >= 15 is 0 Å². The van der Waals surface area contributed by atoms with Crippen LogP contribution in [0.15, 0.2) is 35.0 Å². The molecule has 112 valence electrons. The maximum Gasteiger partial charge on any atom is 0.218 e. The Morgan fingerprint density at radius 2 is 2.10 bits per heavy atom. The van der Waals surface area contributed by atoms with E-state index in [1.807, 2.05) is 0 Å². The van der Waals surface area contributed by atoms with Crippen LogP contribution in [0.2, 0.25) is 0 Å². The lowest BCUT2D eigenvalue weighted by Crippen LogP contribution is -2.15. The van der Waals surface area contributed by atoms with Crippen LogP contribution in [0, 0.1) is 5.82 Å². The number of hydrogen-bond donors (Lipinski definition) is 1. The standard InChI is InChI=1S/C16H19FN2O2/c1-2-3-4-12(9-15(18)20)14-10-19-21-16(14)11-5-7-13(17)8-6-11/h5-8,10,12H,2-4,9H2,1H3,(H2,18,20). The molecule has 0 aliphatic carbocycles. The Balaban J connectivity index is 2.31. The second-order valence-corrected chi connectivity index (χ2v) is 5.13. The van der Waals surface area contributed by atoms with Gasteiger partial charge in [0, 0.05) is 17.5 Å². The average Bonchev–Trinajstić information content (AvgIpc) is 2.93. The lowest BCUT2D eigenvalue weighted by Gasteiger charge is -2.14. The molecule has 0 saturated carbocycles. The van der Waals surface area contributed by atoms with Gasteiger partial charge in [-0.3, -0.25) is 4.79 Å². The largest absolute Gasteiger partial charge is 0.370 e. The fourth-order valence-electron chi connectivity index (χ4n) is 2.42. The van der Waals surface area contributed by atoms with E-state index in [9.17, 15) is 9.18 Å². The highest BCUT2D eigenvalue weighted by Gasteiger charge is 2.21. The molecule has 1 heterocycles. The van der Waals surface area contributed by atoms with Crippen molar-refractivity contribution < 1.29 is 13.7 Å². The first-order valence-electron chi connectivity index (χ1n) is 7.10. The Morgan fingerprint density at radius 1 is 1.38 bits per heavy atom. The number of carbonyl (C=O) groups excluding carboxylic acids is 1. The van der Waals surface area contributed by atoms with Gasteiger partial charge in [0.1, 0.15) is 5.82 Å². The average molecular weight is 290 g/mol. The molecular formula is C16H19FN2O2. The molecule has 5 heteroatoms. The van der Waals surface area contributed by atoms with E-state index in [1.165, 1.54) is 12.1 Å². The van der Waals surface area contributed by atoms with Crippen molar-refractivity contribution in [1.82, 2.24) is 5.16 Å². The number of aromatic nitrogens is 1. The molecular weight excluding hydrogens is 271 g/mol. The molecule has 1 amide bonds.